The largest absolute Gasteiger partial charge is 0.370 e. The Balaban J connectivity index is 2.01. The Morgan fingerprint density at radius 3 is 2.11 bits per heavy atom. The first-order valence-corrected chi connectivity index (χ1v) is 10.9. The third-order valence-corrected chi connectivity index (χ3v) is 5.00. The minimum absolute atomic E-state index is 0.389. The van der Waals surface area contributed by atoms with E-state index in [2.05, 4.69) is 35.6 Å². The van der Waals surface area contributed by atoms with Crippen LogP contribution in [-0.4, -0.2) is 40.8 Å². The number of nitrogens with zero attached hydrogens (tertiary/aromatic N) is 3. The number of hydrogen-bond donors (Lipinski definition) is 4. The minimum atomic E-state index is 0.389. The molecule has 6 N–H and O–H groups in total. The summed E-state index contributed by atoms with van der Waals surface area (Å²) in [4.78, 5) is 4.84. The monoisotopic (exact) mass is 389 g/mol. The summed E-state index contributed by atoms with van der Waals surface area (Å²) in [6.07, 6.45) is 11.2. The molecule has 7 nitrogen and oxygen atoms in total. The lowest BCUT2D eigenvalue weighted by Gasteiger charge is -2.13. The van der Waals surface area contributed by atoms with E-state index in [1.165, 1.54) is 31.2 Å². The molecule has 2 rings (SSSR count). The lowest BCUT2D eigenvalue weighted by molar-refractivity contribution is 0.659. The number of anilines is 2. The molecule has 0 unspecified atom stereocenters. The molecular weight excluding hydrogens is 350 g/mol. The van der Waals surface area contributed by atoms with Gasteiger partial charge in [-0.15, -0.1) is 0 Å². The molecule has 0 aliphatic rings. The molecule has 158 valence electrons. The van der Waals surface area contributed by atoms with Gasteiger partial charge in [0.15, 0.2) is 5.65 Å². The lowest BCUT2D eigenvalue weighted by atomic mass is 10.1. The number of hydrogen-bond acceptors (Lipinski definition) is 6. The first kappa shape index (κ1) is 22.4. The summed E-state index contributed by atoms with van der Waals surface area (Å²) in [5, 5.41) is 11.6. The first-order valence-electron chi connectivity index (χ1n) is 10.9. The van der Waals surface area contributed by atoms with Gasteiger partial charge in [-0.1, -0.05) is 39.5 Å². The van der Waals surface area contributed by atoms with Crippen molar-refractivity contribution in [1.82, 2.24) is 14.6 Å². The van der Waals surface area contributed by atoms with E-state index in [9.17, 15) is 0 Å². The van der Waals surface area contributed by atoms with Crippen molar-refractivity contribution in [1.29, 1.82) is 0 Å². The summed E-state index contributed by atoms with van der Waals surface area (Å²) in [6.45, 7) is 7.79. The van der Waals surface area contributed by atoms with E-state index in [1.807, 2.05) is 10.7 Å². The summed E-state index contributed by atoms with van der Waals surface area (Å²) in [7, 11) is 0. The third-order valence-electron chi connectivity index (χ3n) is 5.00. The molecule has 0 fully saturated rings. The molecule has 0 atom stereocenters. The lowest BCUT2D eigenvalue weighted by Crippen LogP contribution is -2.11. The molecule has 0 radical (unpaired) electrons. The van der Waals surface area contributed by atoms with Crippen LogP contribution in [0, 0.1) is 0 Å². The predicted octanol–water partition coefficient (Wildman–Crippen LogP) is 3.71. The molecule has 28 heavy (non-hydrogen) atoms. The van der Waals surface area contributed by atoms with Crippen molar-refractivity contribution in [2.75, 3.05) is 36.8 Å². The van der Waals surface area contributed by atoms with Gasteiger partial charge in [0.1, 0.15) is 11.6 Å². The average molecular weight is 390 g/mol. The van der Waals surface area contributed by atoms with Gasteiger partial charge in [0, 0.05) is 24.7 Å². The number of nitrogens with two attached hydrogens (primary N) is 2. The first-order chi connectivity index (χ1) is 13.7. The highest BCUT2D eigenvalue weighted by atomic mass is 15.3. The fourth-order valence-corrected chi connectivity index (χ4v) is 3.28. The van der Waals surface area contributed by atoms with E-state index >= 15 is 0 Å². The van der Waals surface area contributed by atoms with Crippen molar-refractivity contribution in [2.45, 2.75) is 71.1 Å². The van der Waals surface area contributed by atoms with Crippen LogP contribution in [0.2, 0.25) is 0 Å². The summed E-state index contributed by atoms with van der Waals surface area (Å²) in [5.41, 5.74) is 13.2. The Hall–Kier alpha value is -1.86. The quantitative estimate of drug-likeness (QED) is 0.346. The molecule has 0 bridgehead atoms. The van der Waals surface area contributed by atoms with Crippen LogP contribution < -0.4 is 22.1 Å². The number of unbranched alkanes of at least 4 members (excludes halogenated alkanes) is 6. The SMILES string of the molecule is CC(C)c1cnn2c(NCCCCCCN)cc(NCCCCCCN)nc12. The van der Waals surface area contributed by atoms with E-state index in [1.54, 1.807) is 0 Å². The second-order valence-corrected chi connectivity index (χ2v) is 7.78. The molecular formula is C21H39N7. The van der Waals surface area contributed by atoms with E-state index in [-0.39, 0.29) is 0 Å². The minimum Gasteiger partial charge on any atom is -0.370 e. The molecule has 2 heterocycles. The Kier molecular flexibility index (Phi) is 10.1. The van der Waals surface area contributed by atoms with Crippen LogP contribution in [-0.2, 0) is 0 Å². The van der Waals surface area contributed by atoms with Crippen molar-refractivity contribution in [3.63, 3.8) is 0 Å². The van der Waals surface area contributed by atoms with Crippen LogP contribution in [0.15, 0.2) is 12.3 Å². The van der Waals surface area contributed by atoms with E-state index < -0.39 is 0 Å². The maximum atomic E-state index is 5.57. The van der Waals surface area contributed by atoms with Crippen LogP contribution in [0.4, 0.5) is 11.6 Å². The van der Waals surface area contributed by atoms with Gasteiger partial charge < -0.3 is 22.1 Å². The van der Waals surface area contributed by atoms with Gasteiger partial charge in [-0.05, 0) is 44.7 Å². The highest BCUT2D eigenvalue weighted by molar-refractivity contribution is 5.60. The van der Waals surface area contributed by atoms with Crippen molar-refractivity contribution in [3.8, 4) is 0 Å². The predicted molar refractivity (Wildman–Crippen MR) is 119 cm³/mol. The smallest absolute Gasteiger partial charge is 0.163 e. The highest BCUT2D eigenvalue weighted by Crippen LogP contribution is 2.24. The number of aromatic nitrogens is 3. The van der Waals surface area contributed by atoms with Gasteiger partial charge in [0.25, 0.3) is 0 Å². The van der Waals surface area contributed by atoms with Crippen molar-refractivity contribution < 1.29 is 0 Å². The molecule has 0 aliphatic heterocycles. The summed E-state index contributed by atoms with van der Waals surface area (Å²) in [5.74, 6) is 2.31. The van der Waals surface area contributed by atoms with Gasteiger partial charge in [0.2, 0.25) is 0 Å². The van der Waals surface area contributed by atoms with E-state index in [0.29, 0.717) is 5.92 Å². The molecule has 0 saturated carbocycles. The summed E-state index contributed by atoms with van der Waals surface area (Å²) >= 11 is 0. The number of nitrogens with one attached hydrogen (secondary N) is 2. The Morgan fingerprint density at radius 2 is 1.50 bits per heavy atom. The second kappa shape index (κ2) is 12.6. The number of fused-ring (bicyclic) bond motifs is 1. The zero-order valence-corrected chi connectivity index (χ0v) is 17.7. The fraction of sp³-hybridized carbons (Fsp3) is 0.714. The van der Waals surface area contributed by atoms with Gasteiger partial charge >= 0.3 is 0 Å². The molecule has 0 saturated heterocycles. The zero-order chi connectivity index (χ0) is 20.2. The molecule has 0 aliphatic carbocycles. The maximum Gasteiger partial charge on any atom is 0.163 e. The van der Waals surface area contributed by atoms with Gasteiger partial charge in [-0.2, -0.15) is 9.61 Å². The summed E-state index contributed by atoms with van der Waals surface area (Å²) < 4.78 is 1.93. The molecule has 2 aromatic heterocycles. The van der Waals surface area contributed by atoms with Crippen molar-refractivity contribution in [3.05, 3.63) is 17.8 Å². The molecule has 0 aromatic carbocycles. The molecule has 2 aromatic rings. The standard InChI is InChI=1S/C21H39N7/c1-17(2)18-16-26-28-20(25-14-10-6-4-8-12-23)15-19(27-21(18)28)24-13-9-5-3-7-11-22/h15-17,25H,3-14,22-23H2,1-2H3,(H,24,27). The zero-order valence-electron chi connectivity index (χ0n) is 17.7. The fourth-order valence-electron chi connectivity index (χ4n) is 3.28. The maximum absolute atomic E-state index is 5.57. The van der Waals surface area contributed by atoms with Crippen molar-refractivity contribution >= 4 is 17.3 Å². The second-order valence-electron chi connectivity index (χ2n) is 7.78. The molecule has 7 heteroatoms. The highest BCUT2D eigenvalue weighted by Gasteiger charge is 2.13. The third kappa shape index (κ3) is 6.95. The van der Waals surface area contributed by atoms with Crippen molar-refractivity contribution in [2.24, 2.45) is 11.5 Å². The van der Waals surface area contributed by atoms with Crippen LogP contribution in [0.1, 0.15) is 76.7 Å². The van der Waals surface area contributed by atoms with Crippen LogP contribution in [0.3, 0.4) is 0 Å². The summed E-state index contributed by atoms with van der Waals surface area (Å²) in [6, 6.07) is 2.07. The van der Waals surface area contributed by atoms with E-state index in [4.69, 9.17) is 16.5 Å². The Labute approximate surface area is 169 Å². The van der Waals surface area contributed by atoms with E-state index in [0.717, 1.165) is 69.1 Å². The van der Waals surface area contributed by atoms with Gasteiger partial charge in [0.05, 0.1) is 6.20 Å². The average Bonchev–Trinajstić information content (AvgIpc) is 3.11. The van der Waals surface area contributed by atoms with Crippen LogP contribution >= 0.6 is 0 Å². The van der Waals surface area contributed by atoms with Crippen LogP contribution in [0.5, 0.6) is 0 Å². The Morgan fingerprint density at radius 1 is 0.893 bits per heavy atom. The normalized spacial score (nSPS) is 11.5. The molecule has 0 spiro atoms. The van der Waals surface area contributed by atoms with Gasteiger partial charge in [-0.3, -0.25) is 0 Å². The van der Waals surface area contributed by atoms with Crippen LogP contribution in [0.25, 0.3) is 5.65 Å². The Bertz CT molecular complexity index is 681. The van der Waals surface area contributed by atoms with Gasteiger partial charge in [-0.25, -0.2) is 4.98 Å². The number of rotatable bonds is 15. The topological polar surface area (TPSA) is 106 Å². The molecule has 0 amide bonds.